The molecule has 0 saturated heterocycles. The molecule has 5 nitrogen and oxygen atoms in total. The molecule has 0 aliphatic carbocycles. The lowest BCUT2D eigenvalue weighted by molar-refractivity contribution is -0.131. The van der Waals surface area contributed by atoms with Crippen molar-refractivity contribution in [1.82, 2.24) is 9.78 Å². The van der Waals surface area contributed by atoms with Crippen LogP contribution in [-0.2, 0) is 10.7 Å². The van der Waals surface area contributed by atoms with Crippen molar-refractivity contribution >= 4 is 5.97 Å². The largest absolute Gasteiger partial charge is 0.494 e. The fraction of sp³-hybridized carbons (Fsp3) is 0.333. The third-order valence-electron chi connectivity index (χ3n) is 3.11. The molecular formula is C15H16F2N2O3. The second kappa shape index (κ2) is 6.13. The Morgan fingerprint density at radius 2 is 2.05 bits per heavy atom. The highest BCUT2D eigenvalue weighted by Gasteiger charge is 2.31. The van der Waals surface area contributed by atoms with Crippen LogP contribution in [0.15, 0.2) is 30.6 Å². The van der Waals surface area contributed by atoms with Crippen molar-refractivity contribution in [3.8, 4) is 17.2 Å². The molecule has 0 unspecified atom stereocenters. The smallest absolute Gasteiger partial charge is 0.308 e. The average Bonchev–Trinajstić information content (AvgIpc) is 2.96. The molecule has 0 N–H and O–H groups in total. The van der Waals surface area contributed by atoms with E-state index in [1.807, 2.05) is 0 Å². The highest BCUT2D eigenvalue weighted by molar-refractivity contribution is 5.72. The van der Waals surface area contributed by atoms with Gasteiger partial charge in [-0.1, -0.05) is 13.0 Å². The number of carbonyl (C=O) groups excluding carboxylic acids is 1. The molecule has 0 atom stereocenters. The van der Waals surface area contributed by atoms with Gasteiger partial charge >= 0.3 is 5.97 Å². The van der Waals surface area contributed by atoms with Crippen LogP contribution in [-0.4, -0.2) is 22.9 Å². The number of hydrogen-bond donors (Lipinski definition) is 0. The molecule has 0 bridgehead atoms. The van der Waals surface area contributed by atoms with Gasteiger partial charge < -0.3 is 9.47 Å². The molecule has 7 heteroatoms. The van der Waals surface area contributed by atoms with Crippen molar-refractivity contribution in [1.29, 1.82) is 0 Å². The summed E-state index contributed by atoms with van der Waals surface area (Å²) in [5.41, 5.74) is 0.0769. The molecule has 0 radical (unpaired) electrons. The lowest BCUT2D eigenvalue weighted by Crippen LogP contribution is -2.10. The van der Waals surface area contributed by atoms with Crippen LogP contribution in [0.3, 0.4) is 0 Å². The lowest BCUT2D eigenvalue weighted by Gasteiger charge is -2.13. The molecule has 1 aromatic heterocycles. The molecule has 1 heterocycles. The first-order valence-corrected chi connectivity index (χ1v) is 6.67. The molecule has 0 spiro atoms. The Morgan fingerprint density at radius 1 is 1.36 bits per heavy atom. The number of rotatable bonds is 5. The number of ether oxygens (including phenoxy) is 2. The number of aromatic nitrogens is 2. The van der Waals surface area contributed by atoms with Crippen LogP contribution in [0.1, 0.15) is 25.8 Å². The van der Waals surface area contributed by atoms with E-state index in [-0.39, 0.29) is 17.7 Å². The van der Waals surface area contributed by atoms with Crippen LogP contribution in [0.25, 0.3) is 5.69 Å². The zero-order valence-corrected chi connectivity index (χ0v) is 12.5. The Bertz CT molecular complexity index is 683. The van der Waals surface area contributed by atoms with Gasteiger partial charge in [0.2, 0.25) is 0 Å². The zero-order valence-electron chi connectivity index (χ0n) is 12.5. The number of methoxy groups -OCH3 is 1. The number of benzene rings is 1. The molecule has 2 aromatic rings. The third-order valence-corrected chi connectivity index (χ3v) is 3.11. The van der Waals surface area contributed by atoms with Gasteiger partial charge in [-0.15, -0.1) is 0 Å². The average molecular weight is 310 g/mol. The molecule has 0 aliphatic rings. The maximum Gasteiger partial charge on any atom is 0.308 e. The van der Waals surface area contributed by atoms with E-state index in [0.29, 0.717) is 11.4 Å². The van der Waals surface area contributed by atoms with Crippen LogP contribution >= 0.6 is 0 Å². The fourth-order valence-corrected chi connectivity index (χ4v) is 1.97. The number of carbonyl (C=O) groups is 1. The number of halogens is 2. The molecule has 2 rings (SSSR count). The van der Waals surface area contributed by atoms with E-state index in [9.17, 15) is 13.6 Å². The normalized spacial score (nSPS) is 11.3. The van der Waals surface area contributed by atoms with Gasteiger partial charge in [-0.25, -0.2) is 13.5 Å². The van der Waals surface area contributed by atoms with E-state index in [2.05, 4.69) is 5.10 Å². The van der Waals surface area contributed by atoms with E-state index in [1.165, 1.54) is 31.8 Å². The van der Waals surface area contributed by atoms with Gasteiger partial charge in [0.25, 0.3) is 5.92 Å². The van der Waals surface area contributed by atoms with Gasteiger partial charge in [-0.3, -0.25) is 4.79 Å². The van der Waals surface area contributed by atoms with Crippen molar-refractivity contribution in [2.24, 2.45) is 0 Å². The van der Waals surface area contributed by atoms with Crippen LogP contribution in [0, 0.1) is 0 Å². The second-order valence-corrected chi connectivity index (χ2v) is 4.63. The summed E-state index contributed by atoms with van der Waals surface area (Å²) in [6.07, 6.45) is 1.96. The van der Waals surface area contributed by atoms with E-state index < -0.39 is 11.9 Å². The Balaban J connectivity index is 2.54. The molecule has 0 aliphatic heterocycles. The first-order valence-electron chi connectivity index (χ1n) is 6.67. The number of alkyl halides is 2. The highest BCUT2D eigenvalue weighted by Crippen LogP contribution is 2.35. The minimum atomic E-state index is -2.97. The van der Waals surface area contributed by atoms with Crippen molar-refractivity contribution in [2.75, 3.05) is 7.11 Å². The molecule has 22 heavy (non-hydrogen) atoms. The van der Waals surface area contributed by atoms with E-state index >= 15 is 0 Å². The van der Waals surface area contributed by atoms with Gasteiger partial charge in [-0.2, -0.15) is 5.10 Å². The Hall–Kier alpha value is -2.44. The first-order chi connectivity index (χ1) is 10.4. The fourth-order valence-electron chi connectivity index (χ4n) is 1.97. The summed E-state index contributed by atoms with van der Waals surface area (Å²) >= 11 is 0. The molecule has 0 amide bonds. The minimum absolute atomic E-state index is 0.182. The van der Waals surface area contributed by atoms with Crippen LogP contribution < -0.4 is 9.47 Å². The predicted octanol–water partition coefficient (Wildman–Crippen LogP) is 3.31. The van der Waals surface area contributed by atoms with E-state index in [1.54, 1.807) is 18.2 Å². The Labute approximate surface area is 126 Å². The molecular weight excluding hydrogens is 294 g/mol. The zero-order chi connectivity index (χ0) is 16.3. The van der Waals surface area contributed by atoms with Crippen molar-refractivity contribution < 1.29 is 23.0 Å². The summed E-state index contributed by atoms with van der Waals surface area (Å²) in [7, 11) is 1.43. The van der Waals surface area contributed by atoms with Crippen LogP contribution in [0.2, 0.25) is 0 Å². The van der Waals surface area contributed by atoms with E-state index in [0.717, 1.165) is 6.20 Å². The molecule has 118 valence electrons. The maximum atomic E-state index is 13.7. The molecule has 0 fully saturated rings. The maximum absolute atomic E-state index is 13.7. The van der Waals surface area contributed by atoms with Crippen LogP contribution in [0.4, 0.5) is 8.78 Å². The van der Waals surface area contributed by atoms with Crippen molar-refractivity contribution in [2.45, 2.75) is 26.2 Å². The van der Waals surface area contributed by atoms with Gasteiger partial charge in [0.05, 0.1) is 18.9 Å². The highest BCUT2D eigenvalue weighted by atomic mass is 19.3. The number of esters is 1. The standard InChI is InChI=1S/C15H16F2N2O3/c1-4-15(16,17)11-8-18-19(9-11)14-12(21-3)6-5-7-13(14)22-10(2)20/h5-9H,4H2,1-3H3. The summed E-state index contributed by atoms with van der Waals surface area (Å²) < 4.78 is 39.0. The second-order valence-electron chi connectivity index (χ2n) is 4.63. The summed E-state index contributed by atoms with van der Waals surface area (Å²) in [6, 6.07) is 4.80. The van der Waals surface area contributed by atoms with Crippen molar-refractivity contribution in [3.63, 3.8) is 0 Å². The molecule has 0 saturated carbocycles. The van der Waals surface area contributed by atoms with Gasteiger partial charge in [0.1, 0.15) is 11.4 Å². The van der Waals surface area contributed by atoms with Gasteiger partial charge in [-0.05, 0) is 12.1 Å². The number of nitrogens with zero attached hydrogens (tertiary/aromatic N) is 2. The summed E-state index contributed by atoms with van der Waals surface area (Å²) in [6.45, 7) is 2.65. The van der Waals surface area contributed by atoms with E-state index in [4.69, 9.17) is 9.47 Å². The minimum Gasteiger partial charge on any atom is -0.494 e. The topological polar surface area (TPSA) is 53.4 Å². The summed E-state index contributed by atoms with van der Waals surface area (Å²) in [5, 5.41) is 3.94. The number of para-hydroxylation sites is 1. The summed E-state index contributed by atoms with van der Waals surface area (Å²) in [5.74, 6) is -2.96. The quantitative estimate of drug-likeness (QED) is 0.628. The third kappa shape index (κ3) is 3.08. The van der Waals surface area contributed by atoms with Gasteiger partial charge in [0.15, 0.2) is 5.75 Å². The van der Waals surface area contributed by atoms with Gasteiger partial charge in [0, 0.05) is 19.5 Å². The Kier molecular flexibility index (Phi) is 4.44. The lowest BCUT2D eigenvalue weighted by atomic mass is 10.1. The van der Waals surface area contributed by atoms with Crippen molar-refractivity contribution in [3.05, 3.63) is 36.2 Å². The first kappa shape index (κ1) is 15.9. The number of hydrogen-bond acceptors (Lipinski definition) is 4. The van der Waals surface area contributed by atoms with Crippen LogP contribution in [0.5, 0.6) is 11.5 Å². The monoisotopic (exact) mass is 310 g/mol. The molecule has 1 aromatic carbocycles. The predicted molar refractivity (Wildman–Crippen MR) is 75.6 cm³/mol. The Morgan fingerprint density at radius 3 is 2.64 bits per heavy atom. The summed E-state index contributed by atoms with van der Waals surface area (Å²) in [4.78, 5) is 11.2. The SMILES string of the molecule is CCC(F)(F)c1cnn(-c2c(OC)cccc2OC(C)=O)c1.